The van der Waals surface area contributed by atoms with Crippen molar-refractivity contribution in [1.29, 1.82) is 0 Å². The molecule has 1 saturated heterocycles. The molecule has 0 aromatic rings. The van der Waals surface area contributed by atoms with Crippen LogP contribution in [-0.4, -0.2) is 87.5 Å². The van der Waals surface area contributed by atoms with Gasteiger partial charge in [-0.05, 0) is 44.9 Å². The van der Waals surface area contributed by atoms with Gasteiger partial charge in [0.05, 0.1) is 25.4 Å². The van der Waals surface area contributed by atoms with Gasteiger partial charge in [-0.15, -0.1) is 0 Å². The van der Waals surface area contributed by atoms with E-state index in [2.05, 4.69) is 43.5 Å². The van der Waals surface area contributed by atoms with Gasteiger partial charge in [0.1, 0.15) is 24.4 Å². The van der Waals surface area contributed by atoms with Crippen molar-refractivity contribution in [1.82, 2.24) is 5.32 Å². The highest BCUT2D eigenvalue weighted by atomic mass is 16.7. The largest absolute Gasteiger partial charge is 0.394 e. The Kier molecular flexibility index (Phi) is 30.7. The minimum Gasteiger partial charge on any atom is -0.394 e. The molecule has 0 bridgehead atoms. The van der Waals surface area contributed by atoms with Crippen molar-refractivity contribution >= 4 is 5.91 Å². The summed E-state index contributed by atoms with van der Waals surface area (Å²) >= 11 is 0. The molecule has 1 aliphatic rings. The first-order valence-corrected chi connectivity index (χ1v) is 20.7. The lowest BCUT2D eigenvalue weighted by Crippen LogP contribution is -2.60. The zero-order valence-corrected chi connectivity index (χ0v) is 32.4. The lowest BCUT2D eigenvalue weighted by atomic mass is 9.99. The van der Waals surface area contributed by atoms with Crippen LogP contribution in [0.25, 0.3) is 0 Å². The van der Waals surface area contributed by atoms with E-state index in [0.717, 1.165) is 44.9 Å². The molecule has 0 radical (unpaired) electrons. The molecule has 0 aliphatic carbocycles. The van der Waals surface area contributed by atoms with Crippen LogP contribution in [-0.2, 0) is 14.3 Å². The van der Waals surface area contributed by atoms with Crippen molar-refractivity contribution in [3.8, 4) is 0 Å². The lowest BCUT2D eigenvalue weighted by molar-refractivity contribution is -0.302. The van der Waals surface area contributed by atoms with Gasteiger partial charge in [0.15, 0.2) is 6.29 Å². The Morgan fingerprint density at radius 2 is 1.12 bits per heavy atom. The summed E-state index contributed by atoms with van der Waals surface area (Å²) in [6.45, 7) is 3.71. The minimum absolute atomic E-state index is 0.194. The Bertz CT molecular complexity index is 894. The third-order valence-electron chi connectivity index (χ3n) is 9.70. The maximum Gasteiger partial charge on any atom is 0.220 e. The molecule has 1 rings (SSSR count). The van der Waals surface area contributed by atoms with E-state index < -0.39 is 49.5 Å². The van der Waals surface area contributed by atoms with E-state index in [1.54, 1.807) is 6.08 Å². The van der Waals surface area contributed by atoms with Gasteiger partial charge in [0, 0.05) is 6.42 Å². The molecule has 0 aromatic heterocycles. The molecule has 298 valence electrons. The monoisotopic (exact) mass is 724 g/mol. The lowest BCUT2D eigenvalue weighted by Gasteiger charge is -2.40. The number of carbonyl (C=O) groups is 1. The Hall–Kier alpha value is -1.59. The first-order chi connectivity index (χ1) is 24.8. The van der Waals surface area contributed by atoms with Crippen LogP contribution in [0.5, 0.6) is 0 Å². The van der Waals surface area contributed by atoms with Crippen LogP contribution in [0.15, 0.2) is 36.5 Å². The zero-order chi connectivity index (χ0) is 37.4. The maximum atomic E-state index is 12.9. The summed E-state index contributed by atoms with van der Waals surface area (Å²) in [7, 11) is 0. The van der Waals surface area contributed by atoms with Crippen molar-refractivity contribution in [2.75, 3.05) is 13.2 Å². The van der Waals surface area contributed by atoms with Gasteiger partial charge in [-0.1, -0.05) is 153 Å². The first-order valence-electron chi connectivity index (χ1n) is 20.7. The Balaban J connectivity index is 2.46. The second-order valence-electron chi connectivity index (χ2n) is 14.4. The Labute approximate surface area is 311 Å². The number of ether oxygens (including phenoxy) is 2. The summed E-state index contributed by atoms with van der Waals surface area (Å²) in [5, 5.41) is 53.9. The van der Waals surface area contributed by atoms with Crippen molar-refractivity contribution in [2.24, 2.45) is 0 Å². The number of nitrogens with one attached hydrogen (secondary N) is 1. The molecule has 0 saturated carbocycles. The normalized spacial score (nSPS) is 22.4. The summed E-state index contributed by atoms with van der Waals surface area (Å²) in [6.07, 6.45) is 31.9. The second-order valence-corrected chi connectivity index (χ2v) is 14.4. The fraction of sp³-hybridized carbons (Fsp3) is 0.833. The standard InChI is InChI=1S/C42H77NO8/c1-3-5-7-9-11-13-15-16-17-18-19-20-22-23-25-27-29-31-36(45)35(34-50-42-41(49)40(48)39(47)37(33-44)51-42)43-38(46)32-30-28-26-24-21-14-12-10-8-6-4-2/h17-18,22-23,29,31,35-37,39-42,44-45,47-49H,3-16,19-21,24-28,30,32-34H2,1-2H3,(H,43,46)/b18-17+,23-22+,31-29+. The molecule has 6 N–H and O–H groups in total. The van der Waals surface area contributed by atoms with Crippen molar-refractivity contribution in [2.45, 2.75) is 211 Å². The number of aliphatic hydroxyl groups is 5. The summed E-state index contributed by atoms with van der Waals surface area (Å²) < 4.78 is 11.1. The minimum atomic E-state index is -1.57. The molecule has 51 heavy (non-hydrogen) atoms. The fourth-order valence-corrected chi connectivity index (χ4v) is 6.30. The highest BCUT2D eigenvalue weighted by molar-refractivity contribution is 5.76. The molecular weight excluding hydrogens is 646 g/mol. The molecule has 0 aromatic carbocycles. The van der Waals surface area contributed by atoms with Crippen LogP contribution >= 0.6 is 0 Å². The molecule has 1 aliphatic heterocycles. The third kappa shape index (κ3) is 24.4. The third-order valence-corrected chi connectivity index (χ3v) is 9.70. The van der Waals surface area contributed by atoms with Crippen molar-refractivity contribution < 1.29 is 39.8 Å². The Morgan fingerprint density at radius 1 is 0.647 bits per heavy atom. The molecule has 0 spiro atoms. The predicted molar refractivity (Wildman–Crippen MR) is 207 cm³/mol. The van der Waals surface area contributed by atoms with E-state index in [9.17, 15) is 30.3 Å². The summed E-state index contributed by atoms with van der Waals surface area (Å²) in [5.74, 6) is -0.194. The number of rotatable bonds is 33. The number of allylic oxidation sites excluding steroid dienone is 5. The fourth-order valence-electron chi connectivity index (χ4n) is 6.30. The summed E-state index contributed by atoms with van der Waals surface area (Å²) in [4.78, 5) is 12.9. The number of hydrogen-bond acceptors (Lipinski definition) is 8. The van der Waals surface area contributed by atoms with Gasteiger partial charge in [0.2, 0.25) is 5.91 Å². The SMILES string of the molecule is CCCCCCCCC/C=C/CC/C=C/CC/C=C/C(O)C(COC1OC(CO)C(O)C(O)C1O)NC(=O)CCCCCCCCCCCCC. The van der Waals surface area contributed by atoms with Gasteiger partial charge >= 0.3 is 0 Å². The average molecular weight is 724 g/mol. The maximum absolute atomic E-state index is 12.9. The van der Waals surface area contributed by atoms with Gasteiger partial charge in [-0.3, -0.25) is 4.79 Å². The molecule has 7 atom stereocenters. The van der Waals surface area contributed by atoms with Gasteiger partial charge in [-0.2, -0.15) is 0 Å². The van der Waals surface area contributed by atoms with E-state index in [1.165, 1.54) is 103 Å². The number of unbranched alkanes of at least 4 members (excludes halogenated alkanes) is 19. The van der Waals surface area contributed by atoms with Crippen molar-refractivity contribution in [3.05, 3.63) is 36.5 Å². The van der Waals surface area contributed by atoms with Crippen LogP contribution in [0.4, 0.5) is 0 Å². The average Bonchev–Trinajstić information content (AvgIpc) is 3.13. The molecule has 7 unspecified atom stereocenters. The van der Waals surface area contributed by atoms with E-state index in [1.807, 2.05) is 6.08 Å². The topological polar surface area (TPSA) is 149 Å². The highest BCUT2D eigenvalue weighted by Crippen LogP contribution is 2.22. The summed E-state index contributed by atoms with van der Waals surface area (Å²) in [5.41, 5.74) is 0. The molecule has 1 amide bonds. The zero-order valence-electron chi connectivity index (χ0n) is 32.4. The van der Waals surface area contributed by atoms with Crippen LogP contribution < -0.4 is 5.32 Å². The number of hydrogen-bond donors (Lipinski definition) is 6. The van der Waals surface area contributed by atoms with E-state index in [0.29, 0.717) is 6.42 Å². The summed E-state index contributed by atoms with van der Waals surface area (Å²) in [6, 6.07) is -0.822. The number of aliphatic hydroxyl groups excluding tert-OH is 5. The quantitative estimate of drug-likeness (QED) is 0.0298. The van der Waals surface area contributed by atoms with Gasteiger partial charge in [-0.25, -0.2) is 0 Å². The molecule has 9 heteroatoms. The molecule has 9 nitrogen and oxygen atoms in total. The van der Waals surface area contributed by atoms with Crippen LogP contribution in [0.1, 0.15) is 168 Å². The molecule has 1 fully saturated rings. The first kappa shape index (κ1) is 47.4. The van der Waals surface area contributed by atoms with Crippen LogP contribution in [0.3, 0.4) is 0 Å². The van der Waals surface area contributed by atoms with Crippen LogP contribution in [0, 0.1) is 0 Å². The van der Waals surface area contributed by atoms with Crippen LogP contribution in [0.2, 0.25) is 0 Å². The Morgan fingerprint density at radius 3 is 1.65 bits per heavy atom. The highest BCUT2D eigenvalue weighted by Gasteiger charge is 2.44. The molecular formula is C42H77NO8. The number of carbonyl (C=O) groups excluding carboxylic acids is 1. The van der Waals surface area contributed by atoms with Gasteiger partial charge < -0.3 is 40.3 Å². The van der Waals surface area contributed by atoms with E-state index >= 15 is 0 Å². The second kappa shape index (κ2) is 33.0. The van der Waals surface area contributed by atoms with Gasteiger partial charge in [0.25, 0.3) is 0 Å². The smallest absolute Gasteiger partial charge is 0.220 e. The predicted octanol–water partition coefficient (Wildman–Crippen LogP) is 7.72. The molecule has 1 heterocycles. The van der Waals surface area contributed by atoms with Crippen molar-refractivity contribution in [3.63, 3.8) is 0 Å². The van der Waals surface area contributed by atoms with E-state index in [-0.39, 0.29) is 12.5 Å². The van der Waals surface area contributed by atoms with E-state index in [4.69, 9.17) is 9.47 Å². The number of amides is 1.